The first-order chi connectivity index (χ1) is 20.9. The van der Waals surface area contributed by atoms with Crippen LogP contribution in [0.15, 0.2) is 49.2 Å². The number of aliphatic hydroxyl groups excluding tert-OH is 1. The van der Waals surface area contributed by atoms with E-state index in [0.29, 0.717) is 41.9 Å². The molecule has 1 aliphatic heterocycles. The Labute approximate surface area is 249 Å². The summed E-state index contributed by atoms with van der Waals surface area (Å²) in [5.41, 5.74) is 3.15. The predicted molar refractivity (Wildman–Crippen MR) is 160 cm³/mol. The van der Waals surface area contributed by atoms with Crippen LogP contribution in [0.4, 0.5) is 17.3 Å². The van der Waals surface area contributed by atoms with Crippen LogP contribution >= 0.6 is 0 Å². The topological polar surface area (TPSA) is 162 Å². The number of hydrogen-bond acceptors (Lipinski definition) is 11. The van der Waals surface area contributed by atoms with Crippen LogP contribution in [0.25, 0.3) is 22.6 Å². The van der Waals surface area contributed by atoms with Gasteiger partial charge in [0, 0.05) is 55.2 Å². The van der Waals surface area contributed by atoms with E-state index in [4.69, 9.17) is 9.84 Å². The number of hydrogen-bond donors (Lipinski definition) is 3. The summed E-state index contributed by atoms with van der Waals surface area (Å²) in [6.07, 6.45) is 14.6. The fourth-order valence-electron chi connectivity index (χ4n) is 5.70. The Balaban J connectivity index is 1.14. The summed E-state index contributed by atoms with van der Waals surface area (Å²) < 4.78 is 33.7. The highest BCUT2D eigenvalue weighted by Gasteiger charge is 2.37. The zero-order valence-corrected chi connectivity index (χ0v) is 24.5. The van der Waals surface area contributed by atoms with Crippen LogP contribution in [-0.2, 0) is 14.8 Å². The second-order valence-corrected chi connectivity index (χ2v) is 13.6. The van der Waals surface area contributed by atoms with Gasteiger partial charge in [-0.15, -0.1) is 0 Å². The molecule has 14 heteroatoms. The highest BCUT2D eigenvalue weighted by Crippen LogP contribution is 2.33. The first-order valence-corrected chi connectivity index (χ1v) is 16.4. The van der Waals surface area contributed by atoms with Gasteiger partial charge in [0.1, 0.15) is 11.6 Å². The van der Waals surface area contributed by atoms with Gasteiger partial charge in [-0.2, -0.15) is 14.3 Å². The minimum Gasteiger partial charge on any atom is -0.393 e. The summed E-state index contributed by atoms with van der Waals surface area (Å²) in [6, 6.07) is 6.26. The Hall–Kier alpha value is -3.88. The van der Waals surface area contributed by atoms with E-state index in [-0.39, 0.29) is 17.4 Å². The maximum absolute atomic E-state index is 12.6. The van der Waals surface area contributed by atoms with Gasteiger partial charge in [0.15, 0.2) is 5.82 Å². The molecule has 0 amide bonds. The van der Waals surface area contributed by atoms with Crippen LogP contribution in [0.5, 0.6) is 0 Å². The molecule has 0 radical (unpaired) electrons. The van der Waals surface area contributed by atoms with E-state index >= 15 is 0 Å². The molecule has 5 heterocycles. The van der Waals surface area contributed by atoms with Crippen molar-refractivity contribution in [3.63, 3.8) is 0 Å². The number of aromatic nitrogens is 7. The Bertz CT molecular complexity index is 1690. The minimum absolute atomic E-state index is 0.226. The highest BCUT2D eigenvalue weighted by molar-refractivity contribution is 7.90. The van der Waals surface area contributed by atoms with Crippen molar-refractivity contribution in [1.29, 1.82) is 0 Å². The molecular weight excluding hydrogens is 570 g/mol. The van der Waals surface area contributed by atoms with E-state index in [1.54, 1.807) is 12.3 Å². The fourth-order valence-corrected chi connectivity index (χ4v) is 7.18. The van der Waals surface area contributed by atoms with Crippen molar-refractivity contribution < 1.29 is 18.3 Å². The van der Waals surface area contributed by atoms with E-state index in [0.717, 1.165) is 72.8 Å². The van der Waals surface area contributed by atoms with Crippen LogP contribution in [0.2, 0.25) is 0 Å². The zero-order chi connectivity index (χ0) is 29.4. The smallest absolute Gasteiger partial charge is 0.256 e. The van der Waals surface area contributed by atoms with E-state index in [9.17, 15) is 13.5 Å². The fraction of sp³-hybridized carbons (Fsp3) is 0.483. The normalized spacial score (nSPS) is 21.5. The van der Waals surface area contributed by atoms with Crippen molar-refractivity contribution in [2.24, 2.45) is 0 Å². The zero-order valence-electron chi connectivity index (χ0n) is 23.7. The van der Waals surface area contributed by atoms with Gasteiger partial charge in [-0.3, -0.25) is 4.68 Å². The average molecular weight is 606 g/mol. The third-order valence-corrected chi connectivity index (χ3v) is 10.4. The van der Waals surface area contributed by atoms with Crippen LogP contribution in [0, 0.1) is 0 Å². The molecule has 0 unspecified atom stereocenters. The number of nitrogens with one attached hydrogen (secondary N) is 2. The summed E-state index contributed by atoms with van der Waals surface area (Å²) in [7, 11) is -3.47. The Morgan fingerprint density at radius 3 is 2.56 bits per heavy atom. The van der Waals surface area contributed by atoms with Crippen LogP contribution < -0.4 is 10.6 Å². The van der Waals surface area contributed by atoms with E-state index in [2.05, 4.69) is 30.7 Å². The summed E-state index contributed by atoms with van der Waals surface area (Å²) in [5, 5.41) is 25.6. The van der Waals surface area contributed by atoms with Crippen molar-refractivity contribution >= 4 is 27.3 Å². The summed E-state index contributed by atoms with van der Waals surface area (Å²) in [4.78, 5) is 13.6. The number of rotatable bonds is 9. The van der Waals surface area contributed by atoms with Crippen molar-refractivity contribution in [3.05, 3.63) is 49.2 Å². The molecular formula is C29H35N9O4S. The van der Waals surface area contributed by atoms with Gasteiger partial charge in [-0.1, -0.05) is 0 Å². The third-order valence-electron chi connectivity index (χ3n) is 8.35. The van der Waals surface area contributed by atoms with Gasteiger partial charge in [0.05, 0.1) is 41.0 Å². The molecule has 3 N–H and O–H groups in total. The number of ether oxygens (including phenoxy) is 1. The van der Waals surface area contributed by atoms with Gasteiger partial charge < -0.3 is 20.5 Å². The second kappa shape index (κ2) is 11.7. The standard InChI is InChI=1S/C29H35N9O4S/c39-22-3-1-20(2-4-22)33-26-15-28(31-17-24(26)25-8-12-37(36-25)21-9-13-42-14-10-21)34-27-7-11-30-29(35-27)19-16-32-38(18-19)43(40,41)23-5-6-23/h7-8,11-12,15-18,20-23,39H,1-6,9-10,13-14H2,(H2,30,31,33,34,35). The lowest BCUT2D eigenvalue weighted by atomic mass is 9.93. The van der Waals surface area contributed by atoms with Gasteiger partial charge >= 0.3 is 0 Å². The molecule has 0 aromatic carbocycles. The molecule has 2 aliphatic carbocycles. The molecule has 43 heavy (non-hydrogen) atoms. The van der Waals surface area contributed by atoms with Gasteiger partial charge in [-0.25, -0.2) is 23.4 Å². The number of anilines is 3. The molecule has 0 bridgehead atoms. The molecule has 4 aromatic rings. The lowest BCUT2D eigenvalue weighted by Gasteiger charge is -2.28. The monoisotopic (exact) mass is 605 g/mol. The van der Waals surface area contributed by atoms with Crippen molar-refractivity contribution in [2.45, 2.75) is 74.8 Å². The van der Waals surface area contributed by atoms with Gasteiger partial charge in [0.25, 0.3) is 10.0 Å². The SMILES string of the molecule is O=S(=O)(C1CC1)n1cc(-c2nccc(Nc3cc(NC4CCC(O)CC4)c(-c4ccn(C5CCOCC5)n4)cn3)n2)cn1. The maximum Gasteiger partial charge on any atom is 0.256 e. The molecule has 7 rings (SSSR count). The van der Waals surface area contributed by atoms with Gasteiger partial charge in [0.2, 0.25) is 0 Å². The lowest BCUT2D eigenvalue weighted by Crippen LogP contribution is -2.28. The quantitative estimate of drug-likeness (QED) is 0.255. The van der Waals surface area contributed by atoms with Crippen molar-refractivity contribution in [3.8, 4) is 22.6 Å². The Morgan fingerprint density at radius 1 is 0.953 bits per heavy atom. The number of aliphatic hydroxyl groups is 1. The number of pyridine rings is 1. The second-order valence-electron chi connectivity index (χ2n) is 11.5. The van der Waals surface area contributed by atoms with Crippen LogP contribution in [0.3, 0.4) is 0 Å². The Morgan fingerprint density at radius 2 is 1.77 bits per heavy atom. The first-order valence-electron chi connectivity index (χ1n) is 14.9. The summed E-state index contributed by atoms with van der Waals surface area (Å²) >= 11 is 0. The highest BCUT2D eigenvalue weighted by atomic mass is 32.2. The molecule has 3 fully saturated rings. The van der Waals surface area contributed by atoms with Gasteiger partial charge in [-0.05, 0) is 63.5 Å². The van der Waals surface area contributed by atoms with E-state index in [1.807, 2.05) is 29.2 Å². The maximum atomic E-state index is 12.6. The first kappa shape index (κ1) is 27.9. The molecule has 226 valence electrons. The third kappa shape index (κ3) is 6.12. The Kier molecular flexibility index (Phi) is 7.57. The molecule has 0 spiro atoms. The van der Waals surface area contributed by atoms with Crippen molar-refractivity contribution in [1.82, 2.24) is 33.9 Å². The summed E-state index contributed by atoms with van der Waals surface area (Å²) in [6.45, 7) is 1.49. The predicted octanol–water partition coefficient (Wildman–Crippen LogP) is 3.75. The summed E-state index contributed by atoms with van der Waals surface area (Å²) in [5.74, 6) is 1.46. The van der Waals surface area contributed by atoms with Crippen LogP contribution in [-0.4, -0.2) is 78.1 Å². The molecule has 2 saturated carbocycles. The van der Waals surface area contributed by atoms with Crippen molar-refractivity contribution in [2.75, 3.05) is 23.8 Å². The average Bonchev–Trinajstić information content (AvgIpc) is 3.57. The van der Waals surface area contributed by atoms with Crippen LogP contribution in [0.1, 0.15) is 57.4 Å². The van der Waals surface area contributed by atoms with E-state index < -0.39 is 10.0 Å². The largest absolute Gasteiger partial charge is 0.393 e. The molecule has 13 nitrogen and oxygen atoms in total. The molecule has 4 aromatic heterocycles. The molecule has 1 saturated heterocycles. The minimum atomic E-state index is -3.47. The molecule has 3 aliphatic rings. The van der Waals surface area contributed by atoms with E-state index in [1.165, 1.54) is 12.4 Å². The number of nitrogens with zero attached hydrogens (tertiary/aromatic N) is 7. The lowest BCUT2D eigenvalue weighted by molar-refractivity contribution is 0.0663. The molecule has 0 atom stereocenters.